The van der Waals surface area contributed by atoms with E-state index in [1.165, 1.54) is 23.4 Å². The highest BCUT2D eigenvalue weighted by Gasteiger charge is 2.41. The Morgan fingerprint density at radius 2 is 2.03 bits per heavy atom. The van der Waals surface area contributed by atoms with Crippen molar-refractivity contribution >= 4 is 22.9 Å². The number of H-pyrrole nitrogens is 1. The Hall–Kier alpha value is -2.54. The van der Waals surface area contributed by atoms with Gasteiger partial charge in [-0.3, -0.25) is 9.69 Å². The number of piperidine rings is 1. The maximum Gasteiger partial charge on any atom is 0.317 e. The first-order chi connectivity index (χ1) is 15.0. The number of likely N-dealkylation sites (tertiary alicyclic amines) is 1. The van der Waals surface area contributed by atoms with E-state index in [9.17, 15) is 9.59 Å². The molecule has 2 aliphatic rings. The summed E-state index contributed by atoms with van der Waals surface area (Å²) in [5, 5.41) is 4.57. The van der Waals surface area contributed by atoms with Crippen LogP contribution in [0.15, 0.2) is 18.2 Å². The van der Waals surface area contributed by atoms with Crippen molar-refractivity contribution in [1.29, 1.82) is 0 Å². The van der Waals surface area contributed by atoms with Crippen LogP contribution in [0.1, 0.15) is 56.9 Å². The van der Waals surface area contributed by atoms with Gasteiger partial charge in [0, 0.05) is 55.5 Å². The summed E-state index contributed by atoms with van der Waals surface area (Å²) in [6, 6.07) is 6.98. The Morgan fingerprint density at radius 1 is 1.26 bits per heavy atom. The van der Waals surface area contributed by atoms with Crippen molar-refractivity contribution in [3.63, 3.8) is 0 Å². The molecule has 1 aliphatic heterocycles. The highest BCUT2D eigenvalue weighted by molar-refractivity contribution is 5.90. The van der Waals surface area contributed by atoms with Gasteiger partial charge in [-0.1, -0.05) is 19.1 Å². The molecule has 1 fully saturated rings. The molecule has 0 bridgehead atoms. The molecule has 1 aromatic heterocycles. The van der Waals surface area contributed by atoms with Crippen LogP contribution in [0.4, 0.5) is 4.79 Å². The Balaban J connectivity index is 1.65. The molecule has 2 amide bonds. The molecule has 1 aromatic carbocycles. The third-order valence-corrected chi connectivity index (χ3v) is 6.99. The molecule has 7 heteroatoms. The molecular weight excluding hydrogens is 392 g/mol. The molecular formula is C24H34N4O3. The van der Waals surface area contributed by atoms with E-state index in [1.54, 1.807) is 0 Å². The van der Waals surface area contributed by atoms with E-state index < -0.39 is 0 Å². The molecule has 3 atom stereocenters. The van der Waals surface area contributed by atoms with Crippen molar-refractivity contribution in [2.24, 2.45) is 0 Å². The van der Waals surface area contributed by atoms with E-state index in [2.05, 4.69) is 40.3 Å². The number of ether oxygens (including phenoxy) is 1. The van der Waals surface area contributed by atoms with Gasteiger partial charge in [0.2, 0.25) is 0 Å². The number of fused-ring (bicyclic) bond motifs is 2. The van der Waals surface area contributed by atoms with E-state index in [0.717, 1.165) is 50.2 Å². The van der Waals surface area contributed by atoms with Gasteiger partial charge in [0.05, 0.1) is 5.69 Å². The van der Waals surface area contributed by atoms with Crippen LogP contribution < -0.4 is 5.32 Å². The number of benzene rings is 1. The van der Waals surface area contributed by atoms with Gasteiger partial charge in [0.15, 0.2) is 0 Å². The lowest BCUT2D eigenvalue weighted by atomic mass is 9.73. The number of carbonyl (C=O) groups excluding carboxylic acids is 2. The van der Waals surface area contributed by atoms with Gasteiger partial charge in [-0.2, -0.15) is 0 Å². The molecule has 2 aromatic rings. The zero-order valence-electron chi connectivity index (χ0n) is 19.0. The molecule has 1 unspecified atom stereocenters. The van der Waals surface area contributed by atoms with Gasteiger partial charge in [-0.15, -0.1) is 0 Å². The van der Waals surface area contributed by atoms with Crippen LogP contribution in [0.2, 0.25) is 0 Å². The van der Waals surface area contributed by atoms with Crippen molar-refractivity contribution in [3.05, 3.63) is 35.0 Å². The van der Waals surface area contributed by atoms with E-state index in [4.69, 9.17) is 4.74 Å². The van der Waals surface area contributed by atoms with Crippen LogP contribution in [0.3, 0.4) is 0 Å². The zero-order valence-corrected chi connectivity index (χ0v) is 19.0. The monoisotopic (exact) mass is 426 g/mol. The van der Waals surface area contributed by atoms with Crippen LogP contribution in [0, 0.1) is 0 Å². The first-order valence-electron chi connectivity index (χ1n) is 11.5. The lowest BCUT2D eigenvalue weighted by molar-refractivity contribution is -0.142. The summed E-state index contributed by atoms with van der Waals surface area (Å²) in [4.78, 5) is 31.9. The number of rotatable bonds is 6. The van der Waals surface area contributed by atoms with Crippen LogP contribution in [-0.4, -0.2) is 65.0 Å². The average molecular weight is 427 g/mol. The Morgan fingerprint density at radius 3 is 2.71 bits per heavy atom. The maximum absolute atomic E-state index is 12.7. The Labute approximate surface area is 184 Å². The minimum Gasteiger partial charge on any atom is -0.459 e. The number of aromatic amines is 1. The van der Waals surface area contributed by atoms with Crippen LogP contribution in [-0.2, 0) is 22.6 Å². The topological polar surface area (TPSA) is 77.7 Å². The second-order valence-corrected chi connectivity index (χ2v) is 8.65. The van der Waals surface area contributed by atoms with Crippen molar-refractivity contribution in [2.45, 2.75) is 65.1 Å². The largest absolute Gasteiger partial charge is 0.459 e. The lowest BCUT2D eigenvalue weighted by Gasteiger charge is -2.47. The molecule has 0 saturated carbocycles. The van der Waals surface area contributed by atoms with Crippen molar-refractivity contribution < 1.29 is 14.3 Å². The standard InChI is InChI=1S/C24H34N4O3/c1-5-27(6-2)24(30)25-16-11-18-17-9-8-10-20-23(17)19(12-22(18)28(7-3)13-16)21(26-20)14-31-15(4)29/h8-10,16,18,22,26H,5-7,11-14H2,1-4H3,(H,25,30)/t16-,18?,22+/m0/s1. The average Bonchev–Trinajstić information content (AvgIpc) is 3.12. The summed E-state index contributed by atoms with van der Waals surface area (Å²) in [6.07, 6.45) is 1.88. The molecule has 4 rings (SSSR count). The second-order valence-electron chi connectivity index (χ2n) is 8.65. The fourth-order valence-corrected chi connectivity index (χ4v) is 5.50. The fraction of sp³-hybridized carbons (Fsp3) is 0.583. The van der Waals surface area contributed by atoms with Crippen molar-refractivity contribution in [1.82, 2.24) is 20.1 Å². The number of nitrogens with zero attached hydrogens (tertiary/aromatic N) is 2. The summed E-state index contributed by atoms with van der Waals surface area (Å²) in [5.41, 5.74) is 4.72. The van der Waals surface area contributed by atoms with Gasteiger partial charge >= 0.3 is 12.0 Å². The molecule has 31 heavy (non-hydrogen) atoms. The number of likely N-dealkylation sites (N-methyl/N-ethyl adjacent to an activating group) is 1. The number of aromatic nitrogens is 1. The van der Waals surface area contributed by atoms with E-state index in [1.807, 2.05) is 18.7 Å². The van der Waals surface area contributed by atoms with Crippen LogP contribution in [0.25, 0.3) is 10.9 Å². The van der Waals surface area contributed by atoms with Gasteiger partial charge in [-0.05, 0) is 50.4 Å². The number of amides is 2. The SMILES string of the molecule is CCN(CC)C(=O)N[C@H]1CC2c3cccc4[nH]c(COC(C)=O)c(c34)C[C@H]2N(CC)C1. The summed E-state index contributed by atoms with van der Waals surface area (Å²) in [5.74, 6) is 0.101. The molecule has 1 saturated heterocycles. The molecule has 7 nitrogen and oxygen atoms in total. The number of hydrogen-bond donors (Lipinski definition) is 2. The van der Waals surface area contributed by atoms with E-state index in [0.29, 0.717) is 12.0 Å². The number of nitrogens with one attached hydrogen (secondary N) is 2. The fourth-order valence-electron chi connectivity index (χ4n) is 5.50. The highest BCUT2D eigenvalue weighted by atomic mass is 16.5. The lowest BCUT2D eigenvalue weighted by Crippen LogP contribution is -2.57. The number of urea groups is 1. The van der Waals surface area contributed by atoms with Crippen molar-refractivity contribution in [3.8, 4) is 0 Å². The molecule has 0 spiro atoms. The third kappa shape index (κ3) is 4.03. The number of hydrogen-bond acceptors (Lipinski definition) is 4. The minimum absolute atomic E-state index is 0.0320. The van der Waals surface area contributed by atoms with Crippen molar-refractivity contribution in [2.75, 3.05) is 26.2 Å². The summed E-state index contributed by atoms with van der Waals surface area (Å²) >= 11 is 0. The van der Waals surface area contributed by atoms with E-state index >= 15 is 0 Å². The number of carbonyl (C=O) groups is 2. The summed E-state index contributed by atoms with van der Waals surface area (Å²) < 4.78 is 5.32. The molecule has 1 aliphatic carbocycles. The molecule has 168 valence electrons. The first-order valence-corrected chi connectivity index (χ1v) is 11.5. The van der Waals surface area contributed by atoms with Gasteiger partial charge in [-0.25, -0.2) is 4.79 Å². The summed E-state index contributed by atoms with van der Waals surface area (Å²) in [7, 11) is 0. The van der Waals surface area contributed by atoms with Gasteiger partial charge in [0.1, 0.15) is 6.61 Å². The maximum atomic E-state index is 12.7. The van der Waals surface area contributed by atoms with E-state index in [-0.39, 0.29) is 24.6 Å². The molecule has 2 heterocycles. The predicted molar refractivity (Wildman–Crippen MR) is 121 cm³/mol. The first kappa shape index (κ1) is 21.7. The van der Waals surface area contributed by atoms with Crippen LogP contribution >= 0.6 is 0 Å². The van der Waals surface area contributed by atoms with Gasteiger partial charge < -0.3 is 19.9 Å². The smallest absolute Gasteiger partial charge is 0.317 e. The third-order valence-electron chi connectivity index (χ3n) is 6.99. The quantitative estimate of drug-likeness (QED) is 0.694. The molecule has 0 radical (unpaired) electrons. The predicted octanol–water partition coefficient (Wildman–Crippen LogP) is 3.38. The highest BCUT2D eigenvalue weighted by Crippen LogP contribution is 2.44. The normalized spacial score (nSPS) is 22.8. The molecule has 2 N–H and O–H groups in total. The minimum atomic E-state index is -0.264. The zero-order chi connectivity index (χ0) is 22.1. The Bertz CT molecular complexity index is 965. The number of esters is 1. The second kappa shape index (κ2) is 8.91. The van der Waals surface area contributed by atoms with Gasteiger partial charge in [0.25, 0.3) is 0 Å². The summed E-state index contributed by atoms with van der Waals surface area (Å²) in [6.45, 7) is 11.2. The van der Waals surface area contributed by atoms with Crippen LogP contribution in [0.5, 0.6) is 0 Å². The Kier molecular flexibility index (Phi) is 6.23.